The summed E-state index contributed by atoms with van der Waals surface area (Å²) in [5, 5.41) is 11.6. The molecule has 0 unspecified atom stereocenters. The van der Waals surface area contributed by atoms with Crippen molar-refractivity contribution >= 4 is 11.9 Å². The quantitative estimate of drug-likeness (QED) is 0.559. The van der Waals surface area contributed by atoms with Gasteiger partial charge in [-0.15, -0.1) is 0 Å². The fourth-order valence-corrected chi connectivity index (χ4v) is 2.32. The molecule has 0 aliphatic rings. The molecular formula is C20H23NO5. The number of aliphatic hydroxyl groups is 1. The molecule has 2 rings (SSSR count). The minimum absolute atomic E-state index is 0.0953. The van der Waals surface area contributed by atoms with Crippen molar-refractivity contribution in [3.63, 3.8) is 0 Å². The fraction of sp³-hybridized carbons (Fsp3) is 0.300. The summed E-state index contributed by atoms with van der Waals surface area (Å²) in [6.45, 7) is 4.17. The number of hydrogen-bond acceptors (Lipinski definition) is 5. The molecule has 26 heavy (non-hydrogen) atoms. The van der Waals surface area contributed by atoms with Gasteiger partial charge in [0.05, 0.1) is 18.7 Å². The number of carbonyl (C=O) groups is 2. The number of amides is 1. The maximum atomic E-state index is 11.8. The van der Waals surface area contributed by atoms with Gasteiger partial charge in [-0.1, -0.05) is 29.8 Å². The highest BCUT2D eigenvalue weighted by Gasteiger charge is 2.10. The Hall–Kier alpha value is -2.86. The maximum absolute atomic E-state index is 11.8. The van der Waals surface area contributed by atoms with E-state index in [1.165, 1.54) is 0 Å². The molecule has 2 N–H and O–H groups in total. The smallest absolute Gasteiger partial charge is 0.338 e. The zero-order valence-corrected chi connectivity index (χ0v) is 15.0. The summed E-state index contributed by atoms with van der Waals surface area (Å²) in [4.78, 5) is 23.6. The number of aryl methyl sites for hydroxylation is 2. The van der Waals surface area contributed by atoms with Crippen molar-refractivity contribution in [2.24, 2.45) is 0 Å². The van der Waals surface area contributed by atoms with E-state index in [9.17, 15) is 9.59 Å². The highest BCUT2D eigenvalue weighted by atomic mass is 16.5. The minimum Gasteiger partial charge on any atom is -0.491 e. The highest BCUT2D eigenvalue weighted by Crippen LogP contribution is 2.18. The lowest BCUT2D eigenvalue weighted by atomic mass is 10.1. The number of nitrogens with one attached hydrogen (secondary N) is 1. The SMILES string of the molecule is Cc1ccc(OCCNC(=O)COC(=O)c2ccc(CO)cc2)c(C)c1. The van der Waals surface area contributed by atoms with Crippen molar-refractivity contribution in [2.45, 2.75) is 20.5 Å². The van der Waals surface area contributed by atoms with Gasteiger partial charge in [0.1, 0.15) is 12.4 Å². The Bertz CT molecular complexity index is 755. The molecule has 6 nitrogen and oxygen atoms in total. The van der Waals surface area contributed by atoms with Crippen molar-refractivity contribution in [1.29, 1.82) is 0 Å². The Morgan fingerprint density at radius 3 is 2.46 bits per heavy atom. The van der Waals surface area contributed by atoms with E-state index in [1.807, 2.05) is 32.0 Å². The topological polar surface area (TPSA) is 84.9 Å². The van der Waals surface area contributed by atoms with Gasteiger partial charge in [-0.2, -0.15) is 0 Å². The van der Waals surface area contributed by atoms with Crippen molar-refractivity contribution in [3.05, 3.63) is 64.7 Å². The molecule has 138 valence electrons. The average molecular weight is 357 g/mol. The zero-order valence-electron chi connectivity index (χ0n) is 15.0. The number of rotatable bonds is 8. The predicted octanol–water partition coefficient (Wildman–Crippen LogP) is 2.15. The molecule has 0 aromatic heterocycles. The first-order chi connectivity index (χ1) is 12.5. The molecule has 2 aromatic rings. The van der Waals surface area contributed by atoms with E-state index >= 15 is 0 Å². The summed E-state index contributed by atoms with van der Waals surface area (Å²) in [7, 11) is 0. The van der Waals surface area contributed by atoms with Crippen LogP contribution in [0.4, 0.5) is 0 Å². The van der Waals surface area contributed by atoms with Crippen molar-refractivity contribution in [2.75, 3.05) is 19.8 Å². The predicted molar refractivity (Wildman–Crippen MR) is 97.1 cm³/mol. The number of ether oxygens (including phenoxy) is 2. The van der Waals surface area contributed by atoms with Gasteiger partial charge in [-0.3, -0.25) is 4.79 Å². The molecule has 0 fully saturated rings. The summed E-state index contributed by atoms with van der Waals surface area (Å²) < 4.78 is 10.6. The van der Waals surface area contributed by atoms with E-state index in [1.54, 1.807) is 24.3 Å². The normalized spacial score (nSPS) is 10.3. The van der Waals surface area contributed by atoms with Crippen LogP contribution in [0, 0.1) is 13.8 Å². The van der Waals surface area contributed by atoms with Crippen LogP contribution < -0.4 is 10.1 Å². The second-order valence-corrected chi connectivity index (χ2v) is 5.90. The van der Waals surface area contributed by atoms with Crippen LogP contribution >= 0.6 is 0 Å². The first kappa shape index (κ1) is 19.5. The van der Waals surface area contributed by atoms with Gasteiger partial charge in [0.15, 0.2) is 6.61 Å². The molecule has 2 aromatic carbocycles. The number of carbonyl (C=O) groups excluding carboxylic acids is 2. The van der Waals surface area contributed by atoms with Gasteiger partial charge in [-0.05, 0) is 43.2 Å². The van der Waals surface area contributed by atoms with Crippen LogP contribution in [-0.2, 0) is 16.1 Å². The molecule has 0 saturated heterocycles. The molecule has 6 heteroatoms. The molecule has 0 atom stereocenters. The lowest BCUT2D eigenvalue weighted by Crippen LogP contribution is -2.32. The number of benzene rings is 2. The van der Waals surface area contributed by atoms with Crippen molar-refractivity contribution in [1.82, 2.24) is 5.32 Å². The van der Waals surface area contributed by atoms with Crippen LogP contribution in [0.5, 0.6) is 5.75 Å². The Labute approximate surface area is 152 Å². The Kier molecular flexibility index (Phi) is 7.17. The third-order valence-electron chi connectivity index (χ3n) is 3.72. The molecule has 0 heterocycles. The second-order valence-electron chi connectivity index (χ2n) is 5.90. The monoisotopic (exact) mass is 357 g/mol. The van der Waals surface area contributed by atoms with Crippen molar-refractivity contribution in [3.8, 4) is 5.75 Å². The van der Waals surface area contributed by atoms with E-state index in [0.717, 1.165) is 16.9 Å². The Balaban J connectivity index is 1.67. The van der Waals surface area contributed by atoms with Gasteiger partial charge >= 0.3 is 5.97 Å². The first-order valence-electron chi connectivity index (χ1n) is 8.33. The van der Waals surface area contributed by atoms with Gasteiger partial charge in [-0.25, -0.2) is 4.79 Å². The van der Waals surface area contributed by atoms with Crippen LogP contribution in [0.15, 0.2) is 42.5 Å². The zero-order chi connectivity index (χ0) is 18.9. The largest absolute Gasteiger partial charge is 0.491 e. The summed E-state index contributed by atoms with van der Waals surface area (Å²) in [5.74, 6) is -0.201. The minimum atomic E-state index is -0.587. The highest BCUT2D eigenvalue weighted by molar-refractivity contribution is 5.91. The van der Waals surface area contributed by atoms with E-state index in [0.29, 0.717) is 24.3 Å². The van der Waals surface area contributed by atoms with Crippen molar-refractivity contribution < 1.29 is 24.2 Å². The second kappa shape index (κ2) is 9.58. The summed E-state index contributed by atoms with van der Waals surface area (Å²) in [5.41, 5.74) is 3.23. The Morgan fingerprint density at radius 1 is 1.08 bits per heavy atom. The van der Waals surface area contributed by atoms with Crippen LogP contribution in [0.2, 0.25) is 0 Å². The number of esters is 1. The molecule has 0 aliphatic carbocycles. The van der Waals surface area contributed by atoms with E-state index in [2.05, 4.69) is 5.32 Å². The molecule has 1 amide bonds. The van der Waals surface area contributed by atoms with Crippen LogP contribution in [0.1, 0.15) is 27.0 Å². The summed E-state index contributed by atoms with van der Waals surface area (Å²) in [6, 6.07) is 12.2. The van der Waals surface area contributed by atoms with Gasteiger partial charge in [0.2, 0.25) is 0 Å². The van der Waals surface area contributed by atoms with Gasteiger partial charge < -0.3 is 19.9 Å². The van der Waals surface area contributed by atoms with E-state index in [4.69, 9.17) is 14.6 Å². The lowest BCUT2D eigenvalue weighted by Gasteiger charge is -2.10. The molecule has 0 aliphatic heterocycles. The molecular weight excluding hydrogens is 334 g/mol. The molecule has 0 saturated carbocycles. The molecule has 0 spiro atoms. The van der Waals surface area contributed by atoms with Crippen LogP contribution in [-0.4, -0.2) is 36.7 Å². The van der Waals surface area contributed by atoms with Gasteiger partial charge in [0.25, 0.3) is 5.91 Å². The number of aliphatic hydroxyl groups excluding tert-OH is 1. The lowest BCUT2D eigenvalue weighted by molar-refractivity contribution is -0.124. The molecule has 0 radical (unpaired) electrons. The fourth-order valence-electron chi connectivity index (χ4n) is 2.32. The van der Waals surface area contributed by atoms with Gasteiger partial charge in [0, 0.05) is 0 Å². The van der Waals surface area contributed by atoms with E-state index < -0.39 is 11.9 Å². The third kappa shape index (κ3) is 5.89. The van der Waals surface area contributed by atoms with Crippen LogP contribution in [0.25, 0.3) is 0 Å². The first-order valence-corrected chi connectivity index (χ1v) is 8.33. The maximum Gasteiger partial charge on any atom is 0.338 e. The summed E-state index contributed by atoms with van der Waals surface area (Å²) >= 11 is 0. The molecule has 0 bridgehead atoms. The standard InChI is InChI=1S/C20H23NO5/c1-14-3-8-18(15(2)11-14)25-10-9-21-19(23)13-26-20(24)17-6-4-16(12-22)5-7-17/h3-8,11,22H,9-10,12-13H2,1-2H3,(H,21,23). The van der Waals surface area contributed by atoms with Crippen LogP contribution in [0.3, 0.4) is 0 Å². The summed E-state index contributed by atoms with van der Waals surface area (Å²) in [6.07, 6.45) is 0. The Morgan fingerprint density at radius 2 is 1.81 bits per heavy atom. The average Bonchev–Trinajstić information content (AvgIpc) is 2.64. The third-order valence-corrected chi connectivity index (χ3v) is 3.72. The van der Waals surface area contributed by atoms with E-state index in [-0.39, 0.29) is 13.2 Å². The number of hydrogen-bond donors (Lipinski definition) is 2.